The highest BCUT2D eigenvalue weighted by Crippen LogP contribution is 2.16. The maximum Gasteiger partial charge on any atom is 0.267 e. The Balaban J connectivity index is 2.13. The summed E-state index contributed by atoms with van der Waals surface area (Å²) >= 11 is 1.15. The Morgan fingerprint density at radius 1 is 1.71 bits per heavy atom. The highest BCUT2D eigenvalue weighted by molar-refractivity contribution is 7.07. The first-order valence-corrected chi connectivity index (χ1v) is 5.29. The second-order valence-electron chi connectivity index (χ2n) is 3.49. The number of carbonyl (C=O) groups excluding carboxylic acids is 1. The van der Waals surface area contributed by atoms with E-state index in [1.54, 1.807) is 11.8 Å². The number of nitrogens with zero attached hydrogens (tertiary/aromatic N) is 3. The summed E-state index contributed by atoms with van der Waals surface area (Å²) < 4.78 is 3.75. The number of aromatic nitrogens is 2. The molecular formula is C8H12N4OS. The third-order valence-electron chi connectivity index (χ3n) is 2.36. The molecule has 1 aliphatic rings. The van der Waals surface area contributed by atoms with Crippen LogP contribution in [0.15, 0.2) is 0 Å². The van der Waals surface area contributed by atoms with Gasteiger partial charge in [0.1, 0.15) is 4.88 Å². The van der Waals surface area contributed by atoms with E-state index in [0.29, 0.717) is 17.1 Å². The van der Waals surface area contributed by atoms with Crippen molar-refractivity contribution in [3.05, 3.63) is 10.6 Å². The van der Waals surface area contributed by atoms with E-state index in [4.69, 9.17) is 5.73 Å². The molecule has 1 fully saturated rings. The molecule has 0 radical (unpaired) electrons. The standard InChI is InChI=1S/C8H12N4OS/c1-5-7(14-11-10-5)8(13)12-3-2-6(9)4-12/h6H,2-4,9H2,1H3/t6-/m0/s1. The van der Waals surface area contributed by atoms with Crippen molar-refractivity contribution in [3.8, 4) is 0 Å². The SMILES string of the molecule is Cc1nnsc1C(=O)N1CC[C@H](N)C1. The zero-order chi connectivity index (χ0) is 10.1. The van der Waals surface area contributed by atoms with Crippen LogP contribution in [0.1, 0.15) is 21.8 Å². The minimum Gasteiger partial charge on any atom is -0.336 e. The van der Waals surface area contributed by atoms with Crippen molar-refractivity contribution in [2.75, 3.05) is 13.1 Å². The second kappa shape index (κ2) is 3.62. The molecule has 1 atom stereocenters. The van der Waals surface area contributed by atoms with Crippen molar-refractivity contribution in [2.45, 2.75) is 19.4 Å². The van der Waals surface area contributed by atoms with Gasteiger partial charge in [-0.3, -0.25) is 4.79 Å². The molecule has 1 aliphatic heterocycles. The number of hydrogen-bond acceptors (Lipinski definition) is 5. The second-order valence-corrected chi connectivity index (χ2v) is 4.24. The topological polar surface area (TPSA) is 72.1 Å². The van der Waals surface area contributed by atoms with Gasteiger partial charge in [-0.05, 0) is 24.9 Å². The lowest BCUT2D eigenvalue weighted by Crippen LogP contribution is -2.31. The summed E-state index contributed by atoms with van der Waals surface area (Å²) in [6.45, 7) is 3.19. The fourth-order valence-electron chi connectivity index (χ4n) is 1.54. The number of amides is 1. The summed E-state index contributed by atoms with van der Waals surface area (Å²) in [5.41, 5.74) is 6.44. The molecule has 1 saturated heterocycles. The van der Waals surface area contributed by atoms with Gasteiger partial charge in [-0.1, -0.05) is 4.49 Å². The summed E-state index contributed by atoms with van der Waals surface area (Å²) in [5.74, 6) is 0.0189. The van der Waals surface area contributed by atoms with Crippen molar-refractivity contribution < 1.29 is 4.79 Å². The van der Waals surface area contributed by atoms with Crippen molar-refractivity contribution in [3.63, 3.8) is 0 Å². The van der Waals surface area contributed by atoms with Gasteiger partial charge in [0.25, 0.3) is 5.91 Å². The van der Waals surface area contributed by atoms with E-state index >= 15 is 0 Å². The molecule has 2 N–H and O–H groups in total. The molecule has 0 aliphatic carbocycles. The highest BCUT2D eigenvalue weighted by Gasteiger charge is 2.26. The predicted octanol–water partition coefficient (Wildman–Crippen LogP) is 0.0197. The summed E-state index contributed by atoms with van der Waals surface area (Å²) in [6, 6.07) is 0.125. The van der Waals surface area contributed by atoms with Gasteiger partial charge in [0.05, 0.1) is 5.69 Å². The minimum absolute atomic E-state index is 0.0189. The molecule has 0 bridgehead atoms. The van der Waals surface area contributed by atoms with Crippen LogP contribution in [-0.4, -0.2) is 39.5 Å². The molecule has 0 saturated carbocycles. The normalized spacial score (nSPS) is 21.6. The lowest BCUT2D eigenvalue weighted by atomic mass is 10.3. The number of rotatable bonds is 1. The van der Waals surface area contributed by atoms with Crippen molar-refractivity contribution in [2.24, 2.45) is 5.73 Å². The zero-order valence-electron chi connectivity index (χ0n) is 7.93. The van der Waals surface area contributed by atoms with E-state index in [0.717, 1.165) is 24.5 Å². The number of nitrogens with two attached hydrogens (primary N) is 1. The van der Waals surface area contributed by atoms with Crippen LogP contribution in [0.5, 0.6) is 0 Å². The van der Waals surface area contributed by atoms with Crippen molar-refractivity contribution in [1.29, 1.82) is 0 Å². The minimum atomic E-state index is 0.0189. The van der Waals surface area contributed by atoms with Crippen LogP contribution < -0.4 is 5.73 Å². The first-order valence-electron chi connectivity index (χ1n) is 4.52. The van der Waals surface area contributed by atoms with E-state index in [2.05, 4.69) is 9.59 Å². The van der Waals surface area contributed by atoms with E-state index in [-0.39, 0.29) is 11.9 Å². The van der Waals surface area contributed by atoms with Crippen LogP contribution in [0.3, 0.4) is 0 Å². The average molecular weight is 212 g/mol. The molecule has 5 nitrogen and oxygen atoms in total. The smallest absolute Gasteiger partial charge is 0.267 e. The van der Waals surface area contributed by atoms with Gasteiger partial charge in [0.2, 0.25) is 0 Å². The molecule has 0 spiro atoms. The Morgan fingerprint density at radius 3 is 3.00 bits per heavy atom. The van der Waals surface area contributed by atoms with Crippen LogP contribution in [0, 0.1) is 6.92 Å². The maximum atomic E-state index is 11.9. The summed E-state index contributed by atoms with van der Waals surface area (Å²) in [5, 5.41) is 3.82. The molecule has 1 aromatic rings. The van der Waals surface area contributed by atoms with E-state index in [1.807, 2.05) is 0 Å². The van der Waals surface area contributed by atoms with Crippen LogP contribution in [0.25, 0.3) is 0 Å². The van der Waals surface area contributed by atoms with E-state index in [1.165, 1.54) is 0 Å². The Kier molecular flexibility index (Phi) is 2.47. The first kappa shape index (κ1) is 9.54. The summed E-state index contributed by atoms with van der Waals surface area (Å²) in [4.78, 5) is 14.3. The van der Waals surface area contributed by atoms with Gasteiger partial charge in [0, 0.05) is 19.1 Å². The molecule has 2 rings (SSSR count). The number of hydrogen-bond donors (Lipinski definition) is 1. The highest BCUT2D eigenvalue weighted by atomic mass is 32.1. The third-order valence-corrected chi connectivity index (χ3v) is 3.17. The monoisotopic (exact) mass is 212 g/mol. The Hall–Kier alpha value is -1.01. The molecule has 1 aromatic heterocycles. The molecule has 76 valence electrons. The number of carbonyl (C=O) groups is 1. The van der Waals surface area contributed by atoms with E-state index < -0.39 is 0 Å². The molecular weight excluding hydrogens is 200 g/mol. The Bertz CT molecular complexity index is 351. The summed E-state index contributed by atoms with van der Waals surface area (Å²) in [6.07, 6.45) is 0.886. The fourth-order valence-corrected chi connectivity index (χ4v) is 2.17. The van der Waals surface area contributed by atoms with Gasteiger partial charge >= 0.3 is 0 Å². The Morgan fingerprint density at radius 2 is 2.50 bits per heavy atom. The lowest BCUT2D eigenvalue weighted by Gasteiger charge is -2.13. The van der Waals surface area contributed by atoms with Gasteiger partial charge in [-0.2, -0.15) is 0 Å². The van der Waals surface area contributed by atoms with Gasteiger partial charge in [-0.15, -0.1) is 5.10 Å². The predicted molar refractivity (Wildman–Crippen MR) is 53.1 cm³/mol. The molecule has 0 aromatic carbocycles. The van der Waals surface area contributed by atoms with Crippen molar-refractivity contribution >= 4 is 17.4 Å². The Labute approximate surface area is 86.1 Å². The average Bonchev–Trinajstić information content (AvgIpc) is 2.73. The molecule has 0 unspecified atom stereocenters. The quantitative estimate of drug-likeness (QED) is 0.712. The van der Waals surface area contributed by atoms with Crippen LogP contribution >= 0.6 is 11.5 Å². The molecule has 1 amide bonds. The summed E-state index contributed by atoms with van der Waals surface area (Å²) in [7, 11) is 0. The van der Waals surface area contributed by atoms with Crippen LogP contribution in [-0.2, 0) is 0 Å². The maximum absolute atomic E-state index is 11.9. The molecule has 2 heterocycles. The van der Waals surface area contributed by atoms with Gasteiger partial charge in [0.15, 0.2) is 0 Å². The number of aryl methyl sites for hydroxylation is 1. The van der Waals surface area contributed by atoms with Crippen LogP contribution in [0.2, 0.25) is 0 Å². The van der Waals surface area contributed by atoms with E-state index in [9.17, 15) is 4.79 Å². The fraction of sp³-hybridized carbons (Fsp3) is 0.625. The zero-order valence-corrected chi connectivity index (χ0v) is 8.75. The van der Waals surface area contributed by atoms with Gasteiger partial charge in [-0.25, -0.2) is 0 Å². The van der Waals surface area contributed by atoms with Crippen molar-refractivity contribution in [1.82, 2.24) is 14.5 Å². The largest absolute Gasteiger partial charge is 0.336 e. The third kappa shape index (κ3) is 1.62. The van der Waals surface area contributed by atoms with Gasteiger partial charge < -0.3 is 10.6 Å². The lowest BCUT2D eigenvalue weighted by molar-refractivity contribution is 0.0794. The first-order chi connectivity index (χ1) is 6.68. The number of likely N-dealkylation sites (tertiary alicyclic amines) is 1. The molecule has 14 heavy (non-hydrogen) atoms. The molecule has 6 heteroatoms. The van der Waals surface area contributed by atoms with Crippen LogP contribution in [0.4, 0.5) is 0 Å².